The topological polar surface area (TPSA) is 115 Å². The molecule has 3 aromatic rings. The highest BCUT2D eigenvalue weighted by Crippen LogP contribution is 2.33. The molecular formula is C19H20F5N7O3S. The summed E-state index contributed by atoms with van der Waals surface area (Å²) in [6, 6.07) is 3.17. The zero-order valence-electron chi connectivity index (χ0n) is 18.3. The van der Waals surface area contributed by atoms with E-state index in [0.717, 1.165) is 23.2 Å². The van der Waals surface area contributed by atoms with E-state index in [0.29, 0.717) is 0 Å². The van der Waals surface area contributed by atoms with E-state index >= 15 is 0 Å². The van der Waals surface area contributed by atoms with Gasteiger partial charge in [-0.25, -0.2) is 41.4 Å². The van der Waals surface area contributed by atoms with Crippen molar-refractivity contribution in [1.29, 1.82) is 0 Å². The number of imidazole rings is 1. The van der Waals surface area contributed by atoms with Gasteiger partial charge < -0.3 is 9.64 Å². The summed E-state index contributed by atoms with van der Waals surface area (Å²) < 4.78 is 98.4. The van der Waals surface area contributed by atoms with Gasteiger partial charge in [0, 0.05) is 12.6 Å². The average molecular weight is 521 g/mol. The van der Waals surface area contributed by atoms with E-state index in [1.807, 2.05) is 0 Å². The van der Waals surface area contributed by atoms with E-state index in [1.165, 1.54) is 23.2 Å². The first kappa shape index (κ1) is 25.1. The lowest BCUT2D eigenvalue weighted by Crippen LogP contribution is -2.60. The summed E-state index contributed by atoms with van der Waals surface area (Å²) in [6.45, 7) is 0.597. The maximum Gasteiger partial charge on any atom is 0.416 e. The number of nitrogens with one attached hydrogen (secondary N) is 1. The fraction of sp³-hybridized carbons (Fsp3) is 0.474. The van der Waals surface area contributed by atoms with Gasteiger partial charge in [-0.15, -0.1) is 0 Å². The molecule has 1 N–H and O–H groups in total. The van der Waals surface area contributed by atoms with Crippen molar-refractivity contribution in [3.05, 3.63) is 36.4 Å². The largest absolute Gasteiger partial charge is 0.416 e. The van der Waals surface area contributed by atoms with Gasteiger partial charge in [-0.05, 0) is 19.1 Å². The standard InChI is InChI=1S/C19H20F5N7O3S/c1-10-14(7-28-35(2,32)33)34-15(19(22,23)24)8-30(10)17-5-12(26-9-27-17)13-6-25-16-4-3-11(18(20)21)29-31(13)16/h3-6,9-10,14-15,18,28H,7-8H2,1-2H3/t10?,14-,15+/m0/s1. The molecule has 0 radical (unpaired) electrons. The zero-order valence-corrected chi connectivity index (χ0v) is 19.1. The minimum Gasteiger partial charge on any atom is -0.360 e. The molecule has 4 heterocycles. The smallest absolute Gasteiger partial charge is 0.360 e. The first-order valence-electron chi connectivity index (χ1n) is 10.2. The first-order valence-corrected chi connectivity index (χ1v) is 12.1. The number of aromatic nitrogens is 5. The molecule has 16 heteroatoms. The number of hydrogen-bond acceptors (Lipinski definition) is 8. The maximum absolute atomic E-state index is 13.6. The van der Waals surface area contributed by atoms with Crippen molar-refractivity contribution in [3.63, 3.8) is 0 Å². The molecule has 0 saturated carbocycles. The van der Waals surface area contributed by atoms with Gasteiger partial charge in [0.25, 0.3) is 6.43 Å². The normalized spacial score (nSPS) is 21.7. The van der Waals surface area contributed by atoms with Gasteiger partial charge in [-0.3, -0.25) is 0 Å². The SMILES string of the molecule is CC1[C@H](CNS(C)(=O)=O)O[C@@H](C(F)(F)F)CN1c1cc(-c2cnc3ccc(C(F)F)nn23)ncn1. The van der Waals surface area contributed by atoms with E-state index in [1.54, 1.807) is 6.92 Å². The van der Waals surface area contributed by atoms with Crippen LogP contribution < -0.4 is 9.62 Å². The van der Waals surface area contributed by atoms with Crippen LogP contribution >= 0.6 is 0 Å². The number of sulfonamides is 1. The van der Waals surface area contributed by atoms with Crippen molar-refractivity contribution in [2.75, 3.05) is 24.2 Å². The molecule has 0 aliphatic carbocycles. The summed E-state index contributed by atoms with van der Waals surface area (Å²) in [5.41, 5.74) is 0.208. The number of alkyl halides is 5. The summed E-state index contributed by atoms with van der Waals surface area (Å²) in [4.78, 5) is 13.6. The summed E-state index contributed by atoms with van der Waals surface area (Å²) >= 11 is 0. The molecule has 35 heavy (non-hydrogen) atoms. The second-order valence-corrected chi connectivity index (χ2v) is 9.79. The molecule has 4 rings (SSSR count). The lowest BCUT2D eigenvalue weighted by Gasteiger charge is -2.44. The molecule has 1 aliphatic rings. The van der Waals surface area contributed by atoms with Gasteiger partial charge in [0.1, 0.15) is 23.5 Å². The van der Waals surface area contributed by atoms with Crippen LogP contribution in [0.4, 0.5) is 27.8 Å². The van der Waals surface area contributed by atoms with Gasteiger partial charge in [-0.2, -0.15) is 18.3 Å². The van der Waals surface area contributed by atoms with E-state index in [4.69, 9.17) is 4.74 Å². The Bertz CT molecular complexity index is 1320. The Hall–Kier alpha value is -2.98. The van der Waals surface area contributed by atoms with Crippen LogP contribution in [0.25, 0.3) is 17.0 Å². The van der Waals surface area contributed by atoms with Crippen LogP contribution in [-0.2, 0) is 14.8 Å². The van der Waals surface area contributed by atoms with Crippen LogP contribution in [0.15, 0.2) is 30.7 Å². The molecule has 10 nitrogen and oxygen atoms in total. The molecule has 190 valence electrons. The molecule has 0 spiro atoms. The fourth-order valence-corrected chi connectivity index (χ4v) is 4.14. The van der Waals surface area contributed by atoms with Crippen LogP contribution in [0.2, 0.25) is 0 Å². The monoisotopic (exact) mass is 521 g/mol. The number of nitrogens with zero attached hydrogens (tertiary/aromatic N) is 6. The van der Waals surface area contributed by atoms with Gasteiger partial charge >= 0.3 is 6.18 Å². The molecule has 1 saturated heterocycles. The van der Waals surface area contributed by atoms with Crippen LogP contribution in [0.3, 0.4) is 0 Å². The summed E-state index contributed by atoms with van der Waals surface area (Å²) in [6.07, 6.45) is -7.51. The molecule has 3 aromatic heterocycles. The Labute approximate surface area is 196 Å². The van der Waals surface area contributed by atoms with E-state index < -0.39 is 53.1 Å². The molecule has 0 aromatic carbocycles. The average Bonchev–Trinajstić information content (AvgIpc) is 3.20. The third-order valence-corrected chi connectivity index (χ3v) is 6.15. The highest BCUT2D eigenvalue weighted by Gasteiger charge is 2.48. The lowest BCUT2D eigenvalue weighted by atomic mass is 10.1. The van der Waals surface area contributed by atoms with E-state index in [9.17, 15) is 30.4 Å². The highest BCUT2D eigenvalue weighted by atomic mass is 32.2. The highest BCUT2D eigenvalue weighted by molar-refractivity contribution is 7.88. The van der Waals surface area contributed by atoms with Crippen LogP contribution in [0, 0.1) is 0 Å². The predicted molar refractivity (Wildman–Crippen MR) is 113 cm³/mol. The van der Waals surface area contributed by atoms with E-state index in [2.05, 4.69) is 24.8 Å². The van der Waals surface area contributed by atoms with Gasteiger partial charge in [0.2, 0.25) is 10.0 Å². The number of ether oxygens (including phenoxy) is 1. The Morgan fingerprint density at radius 1 is 1.23 bits per heavy atom. The Morgan fingerprint density at radius 3 is 2.63 bits per heavy atom. The molecule has 0 amide bonds. The summed E-state index contributed by atoms with van der Waals surface area (Å²) in [5, 5.41) is 3.87. The fourth-order valence-electron chi connectivity index (χ4n) is 3.67. The minimum atomic E-state index is -4.71. The van der Waals surface area contributed by atoms with Crippen molar-refractivity contribution >= 4 is 21.5 Å². The van der Waals surface area contributed by atoms with E-state index in [-0.39, 0.29) is 29.4 Å². The Balaban J connectivity index is 1.70. The van der Waals surface area contributed by atoms with Gasteiger partial charge in [0.15, 0.2) is 11.8 Å². The van der Waals surface area contributed by atoms with Crippen molar-refractivity contribution in [1.82, 2.24) is 29.3 Å². The van der Waals surface area contributed by atoms with Crippen molar-refractivity contribution in [2.45, 2.75) is 37.8 Å². The third kappa shape index (κ3) is 5.48. The molecule has 1 aliphatic heterocycles. The van der Waals surface area contributed by atoms with Crippen LogP contribution in [0.1, 0.15) is 19.0 Å². The number of rotatable bonds is 6. The third-order valence-electron chi connectivity index (χ3n) is 5.46. The zero-order chi connectivity index (χ0) is 25.5. The number of fused-ring (bicyclic) bond motifs is 1. The molecule has 3 atom stereocenters. The number of hydrogen-bond donors (Lipinski definition) is 1. The number of anilines is 1. The van der Waals surface area contributed by atoms with Crippen molar-refractivity contribution in [2.24, 2.45) is 0 Å². The van der Waals surface area contributed by atoms with Gasteiger partial charge in [-0.1, -0.05) is 0 Å². The first-order chi connectivity index (χ1) is 16.3. The number of halogens is 5. The van der Waals surface area contributed by atoms with Crippen molar-refractivity contribution in [3.8, 4) is 11.4 Å². The maximum atomic E-state index is 13.6. The molecule has 0 bridgehead atoms. The molecular weight excluding hydrogens is 501 g/mol. The van der Waals surface area contributed by atoms with Gasteiger partial charge in [0.05, 0.1) is 36.8 Å². The second kappa shape index (κ2) is 9.23. The van der Waals surface area contributed by atoms with Crippen LogP contribution in [-0.4, -0.2) is 76.8 Å². The second-order valence-electron chi connectivity index (χ2n) is 7.95. The summed E-state index contributed by atoms with van der Waals surface area (Å²) in [5.74, 6) is 0.101. The molecule has 1 fully saturated rings. The van der Waals surface area contributed by atoms with Crippen LogP contribution in [0.5, 0.6) is 0 Å². The predicted octanol–water partition coefficient (Wildman–Crippen LogP) is 2.20. The van der Waals surface area contributed by atoms with Crippen molar-refractivity contribution < 1.29 is 35.1 Å². The Morgan fingerprint density at radius 2 is 1.97 bits per heavy atom. The number of morpholine rings is 1. The quantitative estimate of drug-likeness (QED) is 0.491. The minimum absolute atomic E-state index is 0.101. The molecule has 1 unspecified atom stereocenters. The lowest BCUT2D eigenvalue weighted by molar-refractivity contribution is -0.239. The Kier molecular flexibility index (Phi) is 6.63. The summed E-state index contributed by atoms with van der Waals surface area (Å²) in [7, 11) is -3.67.